The summed E-state index contributed by atoms with van der Waals surface area (Å²) in [5.74, 6) is -3.71. The molecule has 0 aliphatic carbocycles. The summed E-state index contributed by atoms with van der Waals surface area (Å²) >= 11 is 0. The maximum Gasteiger partial charge on any atom is 0.224 e. The highest BCUT2D eigenvalue weighted by Gasteiger charge is 2.17. The van der Waals surface area contributed by atoms with Gasteiger partial charge in [0.25, 0.3) is 0 Å². The summed E-state index contributed by atoms with van der Waals surface area (Å²) in [6.45, 7) is 0. The largest absolute Gasteiger partial charge is 0.504 e. The fourth-order valence-electron chi connectivity index (χ4n) is 1.64. The Morgan fingerprint density at radius 2 is 1.26 bits per heavy atom. The van der Waals surface area contributed by atoms with Gasteiger partial charge in [0.05, 0.1) is 0 Å². The Morgan fingerprint density at radius 3 is 1.95 bits per heavy atom. The molecule has 0 bridgehead atoms. The molecule has 2 aromatic rings. The molecule has 6 nitrogen and oxygen atoms in total. The molecule has 2 aromatic carbocycles. The normalized spacial score (nSPS) is 10.3. The van der Waals surface area contributed by atoms with E-state index in [1.807, 2.05) is 0 Å². The zero-order valence-corrected chi connectivity index (χ0v) is 9.53. The molecular formula is C13H10O6. The molecule has 0 radical (unpaired) electrons. The summed E-state index contributed by atoms with van der Waals surface area (Å²) in [4.78, 5) is 11.3. The minimum absolute atomic E-state index is 0.00259. The van der Waals surface area contributed by atoms with Crippen molar-refractivity contribution in [1.29, 1.82) is 0 Å². The third-order valence-electron chi connectivity index (χ3n) is 2.64. The average Bonchev–Trinajstić information content (AvgIpc) is 2.48. The quantitative estimate of drug-likeness (QED) is 0.493. The standard InChI is InChI=1S/C13H10O6/c14-8-3-1-2-6(10(8)16)7-4-5-9(15)12(18)13(19)11(7)17/h1-5,14,16H,(H3,15,17,18,19). The Balaban J connectivity index is 2.85. The number of hydrogen-bond donors (Lipinski definition) is 5. The minimum Gasteiger partial charge on any atom is -0.504 e. The number of benzene rings is 1. The fraction of sp³-hybridized carbons (Fsp3) is 0. The molecule has 0 aliphatic heterocycles. The van der Waals surface area contributed by atoms with Gasteiger partial charge in [-0.2, -0.15) is 0 Å². The maximum absolute atomic E-state index is 11.3. The van der Waals surface area contributed by atoms with Crippen LogP contribution < -0.4 is 5.43 Å². The van der Waals surface area contributed by atoms with Crippen LogP contribution >= 0.6 is 0 Å². The van der Waals surface area contributed by atoms with Crippen molar-refractivity contribution in [2.75, 3.05) is 0 Å². The molecule has 6 heteroatoms. The van der Waals surface area contributed by atoms with Gasteiger partial charge in [-0.1, -0.05) is 12.1 Å². The number of phenolic OH excluding ortho intramolecular Hbond substituents is 2. The Labute approximate surface area is 107 Å². The molecule has 2 rings (SSSR count). The fourth-order valence-corrected chi connectivity index (χ4v) is 1.64. The molecule has 0 aliphatic rings. The van der Waals surface area contributed by atoms with Crippen LogP contribution in [0, 0.1) is 0 Å². The van der Waals surface area contributed by atoms with Crippen LogP contribution in [0.25, 0.3) is 11.1 Å². The Kier molecular flexibility index (Phi) is 2.92. The van der Waals surface area contributed by atoms with E-state index in [4.69, 9.17) is 0 Å². The minimum atomic E-state index is -0.997. The Bertz CT molecular complexity index is 708. The van der Waals surface area contributed by atoms with Crippen molar-refractivity contribution in [3.8, 4) is 39.9 Å². The zero-order chi connectivity index (χ0) is 14.2. The molecule has 0 saturated heterocycles. The second kappa shape index (κ2) is 4.41. The first-order valence-electron chi connectivity index (χ1n) is 5.23. The van der Waals surface area contributed by atoms with E-state index in [9.17, 15) is 30.3 Å². The molecule has 98 valence electrons. The lowest BCUT2D eigenvalue weighted by Gasteiger charge is -2.06. The van der Waals surface area contributed by atoms with Crippen molar-refractivity contribution in [2.45, 2.75) is 0 Å². The highest BCUT2D eigenvalue weighted by molar-refractivity contribution is 5.79. The van der Waals surface area contributed by atoms with Crippen LogP contribution in [-0.2, 0) is 0 Å². The third kappa shape index (κ3) is 1.99. The van der Waals surface area contributed by atoms with Gasteiger partial charge in [0, 0.05) is 11.1 Å². The molecule has 0 amide bonds. The van der Waals surface area contributed by atoms with E-state index in [2.05, 4.69) is 0 Å². The predicted molar refractivity (Wildman–Crippen MR) is 66.5 cm³/mol. The van der Waals surface area contributed by atoms with E-state index in [1.165, 1.54) is 18.2 Å². The molecule has 0 aromatic heterocycles. The highest BCUT2D eigenvalue weighted by atomic mass is 16.3. The molecule has 5 N–H and O–H groups in total. The predicted octanol–water partition coefficient (Wildman–Crippen LogP) is 1.24. The Hall–Kier alpha value is -2.89. The van der Waals surface area contributed by atoms with Crippen molar-refractivity contribution in [1.82, 2.24) is 0 Å². The molecule has 0 fully saturated rings. The lowest BCUT2D eigenvalue weighted by molar-refractivity contribution is 0.369. The van der Waals surface area contributed by atoms with Crippen molar-refractivity contribution < 1.29 is 25.5 Å². The van der Waals surface area contributed by atoms with E-state index in [0.29, 0.717) is 0 Å². The van der Waals surface area contributed by atoms with Crippen molar-refractivity contribution >= 4 is 0 Å². The van der Waals surface area contributed by atoms with Crippen LogP contribution in [0.3, 0.4) is 0 Å². The molecule has 0 saturated carbocycles. The van der Waals surface area contributed by atoms with Gasteiger partial charge >= 0.3 is 0 Å². The van der Waals surface area contributed by atoms with Crippen LogP contribution in [0.2, 0.25) is 0 Å². The highest BCUT2D eigenvalue weighted by Crippen LogP contribution is 2.43. The number of aromatic hydroxyl groups is 5. The second-order valence-corrected chi connectivity index (χ2v) is 3.83. The van der Waals surface area contributed by atoms with Crippen LogP contribution in [0.4, 0.5) is 0 Å². The SMILES string of the molecule is O=c1ccc(-c2cccc(O)c2O)c(O)c(O)c1O. The van der Waals surface area contributed by atoms with E-state index in [-0.39, 0.29) is 11.1 Å². The number of hydrogen-bond acceptors (Lipinski definition) is 6. The number of phenols is 2. The van der Waals surface area contributed by atoms with E-state index < -0.39 is 34.2 Å². The van der Waals surface area contributed by atoms with E-state index in [0.717, 1.165) is 12.1 Å². The summed E-state index contributed by atoms with van der Waals surface area (Å²) < 4.78 is 0. The number of rotatable bonds is 1. The van der Waals surface area contributed by atoms with Gasteiger partial charge in [-0.15, -0.1) is 0 Å². The molecule has 0 unspecified atom stereocenters. The van der Waals surface area contributed by atoms with Crippen molar-refractivity contribution in [3.63, 3.8) is 0 Å². The van der Waals surface area contributed by atoms with Gasteiger partial charge in [-0.05, 0) is 18.2 Å². The van der Waals surface area contributed by atoms with E-state index >= 15 is 0 Å². The molecular weight excluding hydrogens is 252 g/mol. The van der Waals surface area contributed by atoms with E-state index in [1.54, 1.807) is 0 Å². The number of para-hydroxylation sites is 1. The molecule has 0 heterocycles. The third-order valence-corrected chi connectivity index (χ3v) is 2.64. The first-order valence-corrected chi connectivity index (χ1v) is 5.23. The molecule has 19 heavy (non-hydrogen) atoms. The van der Waals surface area contributed by atoms with Gasteiger partial charge in [0.1, 0.15) is 0 Å². The summed E-state index contributed by atoms with van der Waals surface area (Å²) in [7, 11) is 0. The van der Waals surface area contributed by atoms with Crippen LogP contribution in [0.5, 0.6) is 28.7 Å². The Morgan fingerprint density at radius 1 is 0.632 bits per heavy atom. The van der Waals surface area contributed by atoms with Gasteiger partial charge < -0.3 is 25.5 Å². The second-order valence-electron chi connectivity index (χ2n) is 3.83. The van der Waals surface area contributed by atoms with Crippen molar-refractivity contribution in [3.05, 3.63) is 40.6 Å². The van der Waals surface area contributed by atoms with Gasteiger partial charge in [0.15, 0.2) is 17.2 Å². The monoisotopic (exact) mass is 262 g/mol. The van der Waals surface area contributed by atoms with Gasteiger partial charge in [-0.3, -0.25) is 4.79 Å². The molecule has 0 atom stereocenters. The molecule has 0 spiro atoms. The summed E-state index contributed by atoms with van der Waals surface area (Å²) in [6, 6.07) is 6.05. The lowest BCUT2D eigenvalue weighted by Crippen LogP contribution is -1.92. The maximum atomic E-state index is 11.3. The van der Waals surface area contributed by atoms with Gasteiger partial charge in [-0.25, -0.2) is 0 Å². The topological polar surface area (TPSA) is 118 Å². The van der Waals surface area contributed by atoms with Crippen LogP contribution in [0.1, 0.15) is 0 Å². The van der Waals surface area contributed by atoms with Crippen LogP contribution in [-0.4, -0.2) is 25.5 Å². The average molecular weight is 262 g/mol. The summed E-state index contributed by atoms with van der Waals surface area (Å²) in [6.07, 6.45) is 0. The first kappa shape index (κ1) is 12.6. The first-order chi connectivity index (χ1) is 8.93. The van der Waals surface area contributed by atoms with Gasteiger partial charge in [0.2, 0.25) is 16.9 Å². The summed E-state index contributed by atoms with van der Waals surface area (Å²) in [5, 5.41) is 47.7. The van der Waals surface area contributed by atoms with Crippen molar-refractivity contribution in [2.24, 2.45) is 0 Å². The summed E-state index contributed by atoms with van der Waals surface area (Å²) in [5.41, 5.74) is -0.996. The smallest absolute Gasteiger partial charge is 0.224 e. The lowest BCUT2D eigenvalue weighted by atomic mass is 10.0. The zero-order valence-electron chi connectivity index (χ0n) is 9.53. The van der Waals surface area contributed by atoms with Crippen LogP contribution in [0.15, 0.2) is 35.1 Å².